The zero-order chi connectivity index (χ0) is 45.5. The predicted molar refractivity (Wildman–Crippen MR) is 266 cm³/mol. The number of hydrogen-bond donors (Lipinski definition) is 0. The Bertz CT molecular complexity index is 1860. The predicted octanol–water partition coefficient (Wildman–Crippen LogP) is 16.0. The van der Waals surface area contributed by atoms with E-state index in [0.29, 0.717) is 16.6 Å². The SMILES string of the molecule is CC(C)[Si](C#CC#CC#CC(c1cc(C(C)(C)C)cc(C(C)(C)C)c1)(c1cc(C(C)(C)C)cc(C(C)(C)C)c1)c1cc(C(C)(C)C)cc(C(C)(C)C)c1)(C(C)C)C(C)C. The smallest absolute Gasteiger partial charge is 0.116 e. The Balaban J connectivity index is 2.86. The molecule has 0 N–H and O–H groups in total. The summed E-state index contributed by atoms with van der Waals surface area (Å²) in [7, 11) is -1.94. The first-order valence-electron chi connectivity index (χ1n) is 22.5. The lowest BCUT2D eigenvalue weighted by Gasteiger charge is -2.38. The molecule has 0 spiro atoms. The molecule has 3 rings (SSSR count). The van der Waals surface area contributed by atoms with E-state index in [0.717, 1.165) is 0 Å². The van der Waals surface area contributed by atoms with Crippen LogP contribution in [0.4, 0.5) is 0 Å². The maximum atomic E-state index is 4.04. The van der Waals surface area contributed by atoms with Crippen molar-refractivity contribution in [2.75, 3.05) is 0 Å². The lowest BCUT2D eigenvalue weighted by atomic mass is 9.64. The number of rotatable bonds is 6. The lowest BCUT2D eigenvalue weighted by Crippen LogP contribution is -2.43. The van der Waals surface area contributed by atoms with Crippen LogP contribution in [0, 0.1) is 35.1 Å². The Labute approximate surface area is 367 Å². The minimum absolute atomic E-state index is 0.0855. The van der Waals surface area contributed by atoms with E-state index in [1.807, 2.05) is 0 Å². The largest absolute Gasteiger partial charge is 0.147 e. The van der Waals surface area contributed by atoms with Gasteiger partial charge in [0.15, 0.2) is 0 Å². The third-order valence-electron chi connectivity index (χ3n) is 12.9. The van der Waals surface area contributed by atoms with Crippen LogP contribution in [0.1, 0.15) is 216 Å². The lowest BCUT2D eigenvalue weighted by molar-refractivity contribution is 0.558. The second-order valence-corrected chi connectivity index (χ2v) is 30.4. The van der Waals surface area contributed by atoms with Crippen molar-refractivity contribution < 1.29 is 0 Å². The fourth-order valence-corrected chi connectivity index (χ4v) is 13.8. The fourth-order valence-electron chi connectivity index (χ4n) is 8.61. The Morgan fingerprint density at radius 1 is 0.305 bits per heavy atom. The van der Waals surface area contributed by atoms with E-state index >= 15 is 0 Å². The quantitative estimate of drug-likeness (QED) is 0.132. The highest BCUT2D eigenvalue weighted by molar-refractivity contribution is 6.90. The van der Waals surface area contributed by atoms with Gasteiger partial charge in [-0.3, -0.25) is 0 Å². The summed E-state index contributed by atoms with van der Waals surface area (Å²) in [5.74, 6) is 17.6. The summed E-state index contributed by atoms with van der Waals surface area (Å²) in [6, 6.07) is 22.1. The highest BCUT2D eigenvalue weighted by atomic mass is 28.3. The minimum Gasteiger partial charge on any atom is -0.116 e. The van der Waals surface area contributed by atoms with E-state index in [9.17, 15) is 0 Å². The first-order valence-corrected chi connectivity index (χ1v) is 24.8. The van der Waals surface area contributed by atoms with Crippen LogP contribution in [0.2, 0.25) is 16.6 Å². The molecule has 320 valence electrons. The average molecular weight is 809 g/mol. The zero-order valence-corrected chi connectivity index (χ0v) is 43.4. The van der Waals surface area contributed by atoms with Crippen molar-refractivity contribution in [3.05, 3.63) is 105 Å². The Morgan fingerprint density at radius 3 is 0.712 bits per heavy atom. The van der Waals surface area contributed by atoms with Gasteiger partial charge in [0.05, 0.1) is 0 Å². The zero-order valence-electron chi connectivity index (χ0n) is 42.4. The summed E-state index contributed by atoms with van der Waals surface area (Å²) in [6.45, 7) is 56.2. The number of hydrogen-bond acceptors (Lipinski definition) is 0. The molecule has 0 amide bonds. The Kier molecular flexibility index (Phi) is 14.5. The summed E-state index contributed by atoms with van der Waals surface area (Å²) in [5, 5.41) is 0. The highest BCUT2D eigenvalue weighted by Gasteiger charge is 2.42. The first-order chi connectivity index (χ1) is 26.5. The van der Waals surface area contributed by atoms with E-state index in [1.165, 1.54) is 50.1 Å². The van der Waals surface area contributed by atoms with Crippen molar-refractivity contribution in [1.82, 2.24) is 0 Å². The molecule has 0 radical (unpaired) electrons. The van der Waals surface area contributed by atoms with Crippen LogP contribution in [0.25, 0.3) is 0 Å². The molecule has 0 aliphatic rings. The van der Waals surface area contributed by atoms with Crippen molar-refractivity contribution in [1.29, 1.82) is 0 Å². The third-order valence-corrected chi connectivity index (χ3v) is 19.2. The molecule has 1 heteroatoms. The molecule has 59 heavy (non-hydrogen) atoms. The van der Waals surface area contributed by atoms with Crippen LogP contribution in [0.3, 0.4) is 0 Å². The van der Waals surface area contributed by atoms with E-state index in [-0.39, 0.29) is 32.5 Å². The summed E-state index contributed by atoms with van der Waals surface area (Å²) < 4.78 is 0. The topological polar surface area (TPSA) is 0 Å². The molecule has 0 unspecified atom stereocenters. The summed E-state index contributed by atoms with van der Waals surface area (Å²) in [4.78, 5) is 0. The van der Waals surface area contributed by atoms with E-state index < -0.39 is 13.5 Å². The average Bonchev–Trinajstić information content (AvgIpc) is 3.06. The van der Waals surface area contributed by atoms with Crippen molar-refractivity contribution >= 4 is 8.07 Å². The molecule has 0 aromatic heterocycles. The summed E-state index contributed by atoms with van der Waals surface area (Å²) >= 11 is 0. The molecule has 0 saturated carbocycles. The third kappa shape index (κ3) is 11.3. The van der Waals surface area contributed by atoms with Gasteiger partial charge in [-0.15, -0.1) is 5.54 Å². The van der Waals surface area contributed by atoms with E-state index in [4.69, 9.17) is 0 Å². The molecule has 0 aliphatic heterocycles. The minimum atomic E-state index is -1.94. The molecule has 0 aliphatic carbocycles. The molecule has 0 bridgehead atoms. The molecule has 3 aromatic carbocycles. The molecule has 0 fully saturated rings. The maximum absolute atomic E-state index is 4.04. The molecule has 0 saturated heterocycles. The van der Waals surface area contributed by atoms with Crippen LogP contribution >= 0.6 is 0 Å². The Hall–Kier alpha value is -3.44. The van der Waals surface area contributed by atoms with Crippen molar-refractivity contribution in [3.8, 4) is 35.1 Å². The van der Waals surface area contributed by atoms with Crippen molar-refractivity contribution in [2.24, 2.45) is 0 Å². The van der Waals surface area contributed by atoms with Crippen LogP contribution in [0.5, 0.6) is 0 Å². The van der Waals surface area contributed by atoms with Gasteiger partial charge in [-0.2, -0.15) is 0 Å². The standard InChI is InChI=1S/C58H84Si/c1-40(2)59(41(3)4,42(5)6)30-28-26-25-27-29-58(49-34-43(52(7,8)9)31-44(35-49)53(10,11)12,50-36-45(54(13,14)15)32-46(37-50)55(16,17)18)51-38-47(56(19,20)21)33-48(39-51)57(22,23)24/h31-42H,1-24H3. The van der Waals surface area contributed by atoms with Gasteiger partial charge >= 0.3 is 0 Å². The molecule has 3 aromatic rings. The molecule has 0 heterocycles. The van der Waals surface area contributed by atoms with Crippen LogP contribution in [-0.2, 0) is 37.9 Å². The second kappa shape index (κ2) is 17.1. The maximum Gasteiger partial charge on any atom is 0.147 e. The summed E-state index contributed by atoms with van der Waals surface area (Å²) in [6.07, 6.45) is 0. The van der Waals surface area contributed by atoms with Gasteiger partial charge in [-0.1, -0.05) is 227 Å². The number of benzene rings is 3. The molecule has 0 nitrogen and oxygen atoms in total. The van der Waals surface area contributed by atoms with Gasteiger partial charge in [0.2, 0.25) is 0 Å². The molecular weight excluding hydrogens is 725 g/mol. The monoisotopic (exact) mass is 809 g/mol. The molecule has 0 atom stereocenters. The van der Waals surface area contributed by atoms with Gasteiger partial charge in [-0.05, 0) is 123 Å². The van der Waals surface area contributed by atoms with Gasteiger partial charge in [-0.25, -0.2) is 0 Å². The van der Waals surface area contributed by atoms with Crippen molar-refractivity contribution in [2.45, 2.75) is 221 Å². The normalized spacial score (nSPS) is 13.5. The second-order valence-electron chi connectivity index (χ2n) is 24.8. The van der Waals surface area contributed by atoms with Gasteiger partial charge < -0.3 is 0 Å². The van der Waals surface area contributed by atoms with Gasteiger partial charge in [0.25, 0.3) is 0 Å². The van der Waals surface area contributed by atoms with Crippen molar-refractivity contribution in [3.63, 3.8) is 0 Å². The van der Waals surface area contributed by atoms with Crippen LogP contribution < -0.4 is 0 Å². The van der Waals surface area contributed by atoms with Crippen LogP contribution in [-0.4, -0.2) is 8.07 Å². The highest BCUT2D eigenvalue weighted by Crippen LogP contribution is 2.47. The van der Waals surface area contributed by atoms with Crippen LogP contribution in [0.15, 0.2) is 54.6 Å². The Morgan fingerprint density at radius 2 is 0.508 bits per heavy atom. The molecular formula is C58H84Si. The fraction of sp³-hybridized carbons (Fsp3) is 0.586. The van der Waals surface area contributed by atoms with E-state index in [2.05, 4.69) is 256 Å². The van der Waals surface area contributed by atoms with Gasteiger partial charge in [0.1, 0.15) is 13.5 Å². The first kappa shape index (κ1) is 49.9. The summed E-state index contributed by atoms with van der Waals surface area (Å²) in [5.41, 5.74) is 15.5. The van der Waals surface area contributed by atoms with E-state index in [1.54, 1.807) is 0 Å². The van der Waals surface area contributed by atoms with Gasteiger partial charge in [0, 0.05) is 0 Å².